The highest BCUT2D eigenvalue weighted by atomic mass is 35.5. The van der Waals surface area contributed by atoms with Crippen LogP contribution >= 0.6 is 11.6 Å². The normalized spacial score (nSPS) is 21.9. The lowest BCUT2D eigenvalue weighted by molar-refractivity contribution is -0.275. The van der Waals surface area contributed by atoms with Gasteiger partial charge >= 0.3 is 6.36 Å². The first kappa shape index (κ1) is 22.8. The van der Waals surface area contributed by atoms with E-state index in [9.17, 15) is 26.7 Å². The number of halogens is 6. The molecule has 0 radical (unpaired) electrons. The minimum Gasteiger partial charge on any atom is -0.403 e. The summed E-state index contributed by atoms with van der Waals surface area (Å²) in [6.45, 7) is 1.71. The Morgan fingerprint density at radius 3 is 2.62 bits per heavy atom. The highest BCUT2D eigenvalue weighted by Crippen LogP contribution is 2.31. The number of nitrogens with zero attached hydrogens (tertiary/aromatic N) is 2. The number of alkyl halides is 3. The van der Waals surface area contributed by atoms with E-state index in [4.69, 9.17) is 16.3 Å². The molecule has 32 heavy (non-hydrogen) atoms. The quantitative estimate of drug-likeness (QED) is 0.615. The van der Waals surface area contributed by atoms with Gasteiger partial charge in [0.1, 0.15) is 5.82 Å². The molecule has 5 nitrogen and oxygen atoms in total. The lowest BCUT2D eigenvalue weighted by Crippen LogP contribution is -2.59. The van der Waals surface area contributed by atoms with Crippen molar-refractivity contribution in [3.05, 3.63) is 64.2 Å². The first-order valence-corrected chi connectivity index (χ1v) is 10.1. The van der Waals surface area contributed by atoms with Crippen molar-refractivity contribution in [3.63, 3.8) is 0 Å². The molecule has 0 bridgehead atoms. The highest BCUT2D eigenvalue weighted by molar-refractivity contribution is 6.30. The number of rotatable bonds is 3. The third-order valence-electron chi connectivity index (χ3n) is 5.52. The van der Waals surface area contributed by atoms with E-state index in [2.05, 4.69) is 9.64 Å². The van der Waals surface area contributed by atoms with E-state index in [0.717, 1.165) is 23.8 Å². The molecular formula is C21H18ClF5N2O3. The van der Waals surface area contributed by atoms with E-state index in [1.807, 2.05) is 0 Å². The fourth-order valence-corrected chi connectivity index (χ4v) is 4.12. The van der Waals surface area contributed by atoms with Crippen molar-refractivity contribution in [2.24, 2.45) is 0 Å². The van der Waals surface area contributed by atoms with Crippen LogP contribution in [0.2, 0.25) is 5.02 Å². The van der Waals surface area contributed by atoms with Gasteiger partial charge < -0.3 is 14.4 Å². The van der Waals surface area contributed by atoms with Gasteiger partial charge in [-0.3, -0.25) is 9.69 Å². The molecule has 2 aliphatic rings. The summed E-state index contributed by atoms with van der Waals surface area (Å²) in [6, 6.07) is 7.29. The Labute approximate surface area is 185 Å². The van der Waals surface area contributed by atoms with Gasteiger partial charge in [0.15, 0.2) is 11.6 Å². The molecule has 0 aromatic heterocycles. The van der Waals surface area contributed by atoms with Crippen LogP contribution < -0.4 is 4.74 Å². The SMILES string of the molecule is O=C(c1cccc(OC(F)(F)F)c1F)N1CCN2C[C@@H](c3ccc(F)c(Cl)c3)OC[C@@H]2C1. The van der Waals surface area contributed by atoms with Crippen molar-refractivity contribution in [1.82, 2.24) is 9.80 Å². The zero-order chi connectivity index (χ0) is 23.0. The Kier molecular flexibility index (Phi) is 6.28. The summed E-state index contributed by atoms with van der Waals surface area (Å²) in [7, 11) is 0. The van der Waals surface area contributed by atoms with Crippen molar-refractivity contribution in [2.45, 2.75) is 18.5 Å². The monoisotopic (exact) mass is 476 g/mol. The zero-order valence-electron chi connectivity index (χ0n) is 16.5. The summed E-state index contributed by atoms with van der Waals surface area (Å²) in [5.41, 5.74) is 0.243. The molecule has 2 atom stereocenters. The van der Waals surface area contributed by atoms with Crippen molar-refractivity contribution in [2.75, 3.05) is 32.8 Å². The summed E-state index contributed by atoms with van der Waals surface area (Å²) >= 11 is 5.85. The maximum Gasteiger partial charge on any atom is 0.573 e. The van der Waals surface area contributed by atoms with Crippen molar-refractivity contribution < 1.29 is 36.2 Å². The second-order valence-electron chi connectivity index (χ2n) is 7.56. The molecule has 0 unspecified atom stereocenters. The number of amides is 1. The first-order valence-electron chi connectivity index (χ1n) is 9.76. The smallest absolute Gasteiger partial charge is 0.403 e. The lowest BCUT2D eigenvalue weighted by atomic mass is 10.0. The van der Waals surface area contributed by atoms with Crippen LogP contribution in [0.4, 0.5) is 22.0 Å². The Balaban J connectivity index is 1.43. The second kappa shape index (κ2) is 8.84. The van der Waals surface area contributed by atoms with Crippen molar-refractivity contribution in [3.8, 4) is 5.75 Å². The number of carbonyl (C=O) groups excluding carboxylic acids is 1. The number of piperazine rings is 1. The molecule has 2 aromatic rings. The van der Waals surface area contributed by atoms with Crippen LogP contribution in [0.3, 0.4) is 0 Å². The average Bonchev–Trinajstić information content (AvgIpc) is 2.75. The molecule has 4 rings (SSSR count). The van der Waals surface area contributed by atoms with Gasteiger partial charge in [-0.2, -0.15) is 0 Å². The second-order valence-corrected chi connectivity index (χ2v) is 7.97. The number of hydrogen-bond acceptors (Lipinski definition) is 4. The third-order valence-corrected chi connectivity index (χ3v) is 5.81. The van der Waals surface area contributed by atoms with Crippen LogP contribution in [-0.2, 0) is 4.74 Å². The number of fused-ring (bicyclic) bond motifs is 1. The predicted molar refractivity (Wildman–Crippen MR) is 104 cm³/mol. The molecule has 1 amide bonds. The van der Waals surface area contributed by atoms with E-state index in [-0.39, 0.29) is 36.9 Å². The van der Waals surface area contributed by atoms with Gasteiger partial charge in [0.25, 0.3) is 5.91 Å². The maximum atomic E-state index is 14.5. The lowest BCUT2D eigenvalue weighted by Gasteiger charge is -2.46. The van der Waals surface area contributed by atoms with Gasteiger partial charge in [-0.25, -0.2) is 8.78 Å². The van der Waals surface area contributed by atoms with Crippen LogP contribution in [0.1, 0.15) is 22.0 Å². The van der Waals surface area contributed by atoms with Crippen LogP contribution in [0.15, 0.2) is 36.4 Å². The van der Waals surface area contributed by atoms with Gasteiger partial charge in [0, 0.05) is 26.2 Å². The molecular weight excluding hydrogens is 459 g/mol. The number of carbonyl (C=O) groups is 1. The van der Waals surface area contributed by atoms with Crippen LogP contribution in [0.25, 0.3) is 0 Å². The number of hydrogen-bond donors (Lipinski definition) is 0. The van der Waals surface area contributed by atoms with Crippen LogP contribution in [-0.4, -0.2) is 60.9 Å². The number of ether oxygens (including phenoxy) is 2. The molecule has 0 N–H and O–H groups in total. The van der Waals surface area contributed by atoms with Crippen LogP contribution in [0, 0.1) is 11.6 Å². The van der Waals surface area contributed by atoms with E-state index in [1.165, 1.54) is 17.0 Å². The molecule has 2 aromatic carbocycles. The molecule has 0 aliphatic carbocycles. The number of morpholine rings is 1. The molecule has 2 heterocycles. The van der Waals surface area contributed by atoms with E-state index >= 15 is 0 Å². The van der Waals surface area contributed by atoms with E-state index in [1.54, 1.807) is 6.07 Å². The third kappa shape index (κ3) is 4.82. The fourth-order valence-electron chi connectivity index (χ4n) is 3.93. The Morgan fingerprint density at radius 1 is 1.12 bits per heavy atom. The van der Waals surface area contributed by atoms with E-state index < -0.39 is 35.2 Å². The predicted octanol–water partition coefficient (Wildman–Crippen LogP) is 4.41. The van der Waals surface area contributed by atoms with Crippen molar-refractivity contribution >= 4 is 17.5 Å². The molecule has 2 saturated heterocycles. The average molecular weight is 477 g/mol. The van der Waals surface area contributed by atoms with E-state index in [0.29, 0.717) is 13.1 Å². The maximum absolute atomic E-state index is 14.5. The summed E-state index contributed by atoms with van der Waals surface area (Å²) < 4.78 is 74.8. The van der Waals surface area contributed by atoms with Gasteiger partial charge in [-0.05, 0) is 29.8 Å². The Bertz CT molecular complexity index is 1020. The number of benzene rings is 2. The standard InChI is InChI=1S/C21H18ClF5N2O3/c22-15-8-12(4-5-16(15)23)18-10-28-6-7-29(9-13(28)11-31-18)20(30)14-2-1-3-17(19(14)24)32-21(25,26)27/h1-5,8,13,18H,6-7,9-11H2/t13-,18-/m0/s1. The summed E-state index contributed by atoms with van der Waals surface area (Å²) in [5.74, 6) is -3.65. The fraction of sp³-hybridized carbons (Fsp3) is 0.381. The molecule has 2 fully saturated rings. The minimum absolute atomic E-state index is 0.00222. The first-order chi connectivity index (χ1) is 15.1. The van der Waals surface area contributed by atoms with Gasteiger partial charge in [0.2, 0.25) is 0 Å². The van der Waals surface area contributed by atoms with Gasteiger partial charge in [-0.15, -0.1) is 13.2 Å². The Hall–Kier alpha value is -2.43. The highest BCUT2D eigenvalue weighted by Gasteiger charge is 2.37. The summed E-state index contributed by atoms with van der Waals surface area (Å²) in [5, 5.41) is 0.00222. The van der Waals surface area contributed by atoms with Gasteiger partial charge in [-0.1, -0.05) is 23.7 Å². The molecule has 11 heteroatoms. The Morgan fingerprint density at radius 2 is 1.91 bits per heavy atom. The van der Waals surface area contributed by atoms with Gasteiger partial charge in [0.05, 0.1) is 29.3 Å². The topological polar surface area (TPSA) is 42.0 Å². The molecule has 2 aliphatic heterocycles. The summed E-state index contributed by atoms with van der Waals surface area (Å²) in [4.78, 5) is 16.3. The largest absolute Gasteiger partial charge is 0.573 e. The summed E-state index contributed by atoms with van der Waals surface area (Å²) in [6.07, 6.45) is -5.39. The van der Waals surface area contributed by atoms with Crippen molar-refractivity contribution in [1.29, 1.82) is 0 Å². The van der Waals surface area contributed by atoms with Crippen LogP contribution in [0.5, 0.6) is 5.75 Å². The molecule has 0 saturated carbocycles. The molecule has 172 valence electrons. The molecule has 0 spiro atoms. The zero-order valence-corrected chi connectivity index (χ0v) is 17.3. The minimum atomic E-state index is -5.07.